The van der Waals surface area contributed by atoms with Crippen molar-refractivity contribution in [2.24, 2.45) is 5.11 Å². The zero-order chi connectivity index (χ0) is 13.5. The van der Waals surface area contributed by atoms with Gasteiger partial charge in [-0.25, -0.2) is 0 Å². The van der Waals surface area contributed by atoms with Crippen molar-refractivity contribution >= 4 is 0 Å². The standard InChI is InChI=1S/C13H19N3O2/c1-9(2)11-8-10(4-5-13(11)18-3)12(6-7-17)15-16-14/h4-5,8-9,12,17H,6-7H2,1-3H3. The number of hydrogen-bond acceptors (Lipinski definition) is 3. The van der Waals surface area contributed by atoms with Crippen LogP contribution in [0.25, 0.3) is 10.4 Å². The van der Waals surface area contributed by atoms with Gasteiger partial charge in [-0.3, -0.25) is 0 Å². The van der Waals surface area contributed by atoms with Gasteiger partial charge in [0.15, 0.2) is 0 Å². The summed E-state index contributed by atoms with van der Waals surface area (Å²) in [5.41, 5.74) is 10.5. The summed E-state index contributed by atoms with van der Waals surface area (Å²) in [7, 11) is 1.64. The molecule has 0 aliphatic carbocycles. The zero-order valence-electron chi connectivity index (χ0n) is 11.0. The number of aliphatic hydroxyl groups is 1. The van der Waals surface area contributed by atoms with Gasteiger partial charge in [-0.2, -0.15) is 0 Å². The number of nitrogens with zero attached hydrogens (tertiary/aromatic N) is 3. The number of hydrogen-bond donors (Lipinski definition) is 1. The maximum Gasteiger partial charge on any atom is 0.122 e. The predicted octanol–water partition coefficient (Wildman–Crippen LogP) is 3.55. The van der Waals surface area contributed by atoms with Crippen molar-refractivity contribution in [2.45, 2.75) is 32.2 Å². The van der Waals surface area contributed by atoms with Crippen LogP contribution in [-0.4, -0.2) is 18.8 Å². The fourth-order valence-electron chi connectivity index (χ4n) is 1.89. The van der Waals surface area contributed by atoms with Crippen LogP contribution in [0, 0.1) is 0 Å². The summed E-state index contributed by atoms with van der Waals surface area (Å²) in [4.78, 5) is 2.83. The van der Waals surface area contributed by atoms with E-state index in [-0.39, 0.29) is 12.6 Å². The fourth-order valence-corrected chi connectivity index (χ4v) is 1.89. The van der Waals surface area contributed by atoms with E-state index in [1.807, 2.05) is 18.2 Å². The van der Waals surface area contributed by atoms with E-state index in [0.717, 1.165) is 16.9 Å². The third kappa shape index (κ3) is 3.39. The summed E-state index contributed by atoms with van der Waals surface area (Å²) in [6.45, 7) is 4.15. The molecule has 1 aromatic rings. The average molecular weight is 249 g/mol. The number of rotatable bonds is 6. The molecule has 0 fully saturated rings. The molecule has 0 saturated heterocycles. The first kappa shape index (κ1) is 14.4. The molecule has 0 aliphatic heterocycles. The highest BCUT2D eigenvalue weighted by Gasteiger charge is 2.13. The van der Waals surface area contributed by atoms with Gasteiger partial charge in [-0.1, -0.05) is 31.1 Å². The van der Waals surface area contributed by atoms with Crippen LogP contribution in [0.2, 0.25) is 0 Å². The van der Waals surface area contributed by atoms with E-state index in [1.165, 1.54) is 0 Å². The lowest BCUT2D eigenvalue weighted by atomic mass is 9.96. The van der Waals surface area contributed by atoms with Gasteiger partial charge in [0, 0.05) is 11.5 Å². The number of ether oxygens (including phenoxy) is 1. The Morgan fingerprint density at radius 1 is 1.44 bits per heavy atom. The number of azide groups is 1. The second-order valence-corrected chi connectivity index (χ2v) is 4.39. The van der Waals surface area contributed by atoms with E-state index in [0.29, 0.717) is 12.3 Å². The summed E-state index contributed by atoms with van der Waals surface area (Å²) < 4.78 is 5.31. The van der Waals surface area contributed by atoms with Gasteiger partial charge in [0.25, 0.3) is 0 Å². The Bertz CT molecular complexity index is 440. The second kappa shape index (κ2) is 6.89. The van der Waals surface area contributed by atoms with Crippen molar-refractivity contribution in [3.8, 4) is 5.75 Å². The summed E-state index contributed by atoms with van der Waals surface area (Å²) in [5, 5.41) is 12.7. The Kier molecular flexibility index (Phi) is 5.49. The monoisotopic (exact) mass is 249 g/mol. The van der Waals surface area contributed by atoms with Crippen molar-refractivity contribution in [1.29, 1.82) is 0 Å². The molecular formula is C13H19N3O2. The topological polar surface area (TPSA) is 78.2 Å². The molecule has 0 saturated carbocycles. The lowest BCUT2D eigenvalue weighted by Crippen LogP contribution is -2.01. The van der Waals surface area contributed by atoms with Gasteiger partial charge in [0.2, 0.25) is 0 Å². The van der Waals surface area contributed by atoms with Crippen molar-refractivity contribution in [2.75, 3.05) is 13.7 Å². The van der Waals surface area contributed by atoms with Crippen LogP contribution >= 0.6 is 0 Å². The maximum atomic E-state index is 9.00. The maximum absolute atomic E-state index is 9.00. The minimum absolute atomic E-state index is 0.00721. The summed E-state index contributed by atoms with van der Waals surface area (Å²) in [6.07, 6.45) is 0.425. The molecule has 0 spiro atoms. The third-order valence-electron chi connectivity index (χ3n) is 2.85. The van der Waals surface area contributed by atoms with E-state index in [1.54, 1.807) is 7.11 Å². The van der Waals surface area contributed by atoms with Crippen LogP contribution in [0.3, 0.4) is 0 Å². The highest BCUT2D eigenvalue weighted by atomic mass is 16.5. The Hall–Kier alpha value is -1.71. The molecule has 0 aromatic heterocycles. The third-order valence-corrected chi connectivity index (χ3v) is 2.85. The van der Waals surface area contributed by atoms with Crippen LogP contribution < -0.4 is 4.74 Å². The Labute approximate surface area is 107 Å². The molecule has 98 valence electrons. The smallest absolute Gasteiger partial charge is 0.122 e. The molecule has 18 heavy (non-hydrogen) atoms. The molecule has 1 aromatic carbocycles. The largest absolute Gasteiger partial charge is 0.496 e. The van der Waals surface area contributed by atoms with Gasteiger partial charge in [0.05, 0.1) is 13.2 Å². The van der Waals surface area contributed by atoms with Crippen molar-refractivity contribution in [3.63, 3.8) is 0 Å². The first-order valence-electron chi connectivity index (χ1n) is 5.97. The Morgan fingerprint density at radius 3 is 2.67 bits per heavy atom. The number of methoxy groups -OCH3 is 1. The highest BCUT2D eigenvalue weighted by molar-refractivity contribution is 5.40. The van der Waals surface area contributed by atoms with Crippen molar-refractivity contribution in [1.82, 2.24) is 0 Å². The minimum atomic E-state index is -0.330. The molecule has 0 heterocycles. The van der Waals surface area contributed by atoms with E-state index in [2.05, 4.69) is 23.9 Å². The van der Waals surface area contributed by atoms with Crippen LogP contribution in [0.4, 0.5) is 0 Å². The molecule has 1 unspecified atom stereocenters. The fraction of sp³-hybridized carbons (Fsp3) is 0.538. The molecule has 0 aliphatic rings. The lowest BCUT2D eigenvalue weighted by molar-refractivity contribution is 0.276. The number of aliphatic hydroxyl groups excluding tert-OH is 1. The minimum Gasteiger partial charge on any atom is -0.496 e. The quantitative estimate of drug-likeness (QED) is 0.475. The molecule has 0 bridgehead atoms. The van der Waals surface area contributed by atoms with Gasteiger partial charge < -0.3 is 9.84 Å². The number of benzene rings is 1. The molecule has 5 heteroatoms. The summed E-state index contributed by atoms with van der Waals surface area (Å²) in [6, 6.07) is 5.41. The van der Waals surface area contributed by atoms with Crippen molar-refractivity contribution in [3.05, 3.63) is 39.8 Å². The van der Waals surface area contributed by atoms with E-state index in [9.17, 15) is 0 Å². The Morgan fingerprint density at radius 2 is 2.17 bits per heavy atom. The lowest BCUT2D eigenvalue weighted by Gasteiger charge is -2.16. The van der Waals surface area contributed by atoms with Gasteiger partial charge >= 0.3 is 0 Å². The first-order chi connectivity index (χ1) is 8.63. The van der Waals surface area contributed by atoms with Crippen LogP contribution in [0.5, 0.6) is 5.75 Å². The highest BCUT2D eigenvalue weighted by Crippen LogP contribution is 2.31. The molecule has 1 atom stereocenters. The Balaban J connectivity index is 3.16. The molecular weight excluding hydrogens is 230 g/mol. The van der Waals surface area contributed by atoms with Gasteiger partial charge in [0.1, 0.15) is 5.75 Å². The molecule has 5 nitrogen and oxygen atoms in total. The van der Waals surface area contributed by atoms with Gasteiger partial charge in [-0.05, 0) is 35.1 Å². The molecule has 1 N–H and O–H groups in total. The van der Waals surface area contributed by atoms with E-state index in [4.69, 9.17) is 15.4 Å². The van der Waals surface area contributed by atoms with Gasteiger partial charge in [-0.15, -0.1) is 0 Å². The SMILES string of the molecule is COc1ccc(C(CCO)N=[N+]=[N-])cc1C(C)C. The van der Waals surface area contributed by atoms with Crippen LogP contribution in [0.1, 0.15) is 43.4 Å². The van der Waals surface area contributed by atoms with Crippen molar-refractivity contribution < 1.29 is 9.84 Å². The molecule has 0 amide bonds. The normalized spacial score (nSPS) is 12.1. The molecule has 1 rings (SSSR count). The van der Waals surface area contributed by atoms with Crippen LogP contribution in [-0.2, 0) is 0 Å². The van der Waals surface area contributed by atoms with E-state index >= 15 is 0 Å². The first-order valence-corrected chi connectivity index (χ1v) is 5.97. The predicted molar refractivity (Wildman–Crippen MR) is 70.7 cm³/mol. The molecule has 0 radical (unpaired) electrons. The van der Waals surface area contributed by atoms with Crippen LogP contribution in [0.15, 0.2) is 23.3 Å². The van der Waals surface area contributed by atoms with E-state index < -0.39 is 0 Å². The summed E-state index contributed by atoms with van der Waals surface area (Å²) in [5.74, 6) is 1.15. The second-order valence-electron chi connectivity index (χ2n) is 4.39. The summed E-state index contributed by atoms with van der Waals surface area (Å²) >= 11 is 0. The zero-order valence-corrected chi connectivity index (χ0v) is 11.0. The average Bonchev–Trinajstić information content (AvgIpc) is 2.37.